The molecule has 0 aromatic heterocycles. The summed E-state index contributed by atoms with van der Waals surface area (Å²) in [6.07, 6.45) is 2.12. The van der Waals surface area contributed by atoms with Crippen molar-refractivity contribution in [2.45, 2.75) is 38.8 Å². The fraction of sp³-hybridized carbons (Fsp3) is 0.321. The van der Waals surface area contributed by atoms with Gasteiger partial charge in [0, 0.05) is 13.5 Å². The van der Waals surface area contributed by atoms with Gasteiger partial charge in [-0.3, -0.25) is 9.69 Å². The Labute approximate surface area is 195 Å². The van der Waals surface area contributed by atoms with Gasteiger partial charge in [0.2, 0.25) is 5.91 Å². The number of amides is 1. The molecule has 0 unspecified atom stereocenters. The summed E-state index contributed by atoms with van der Waals surface area (Å²) in [4.78, 5) is 16.8. The molecule has 172 valence electrons. The number of ether oxygens (including phenoxy) is 1. The first-order valence-electron chi connectivity index (χ1n) is 11.5. The number of carbonyl (C=O) groups excluding carboxylic acids is 1. The largest absolute Gasteiger partial charge is 0.495 e. The van der Waals surface area contributed by atoms with Gasteiger partial charge in [0.1, 0.15) is 11.6 Å². The normalized spacial score (nSPS) is 14.8. The van der Waals surface area contributed by atoms with Crippen molar-refractivity contribution in [2.24, 2.45) is 0 Å². The van der Waals surface area contributed by atoms with Crippen LogP contribution in [0.25, 0.3) is 0 Å². The lowest BCUT2D eigenvalue weighted by atomic mass is 9.86. The van der Waals surface area contributed by atoms with Crippen LogP contribution in [0.5, 0.6) is 5.75 Å². The van der Waals surface area contributed by atoms with Crippen molar-refractivity contribution in [3.8, 4) is 5.75 Å². The van der Waals surface area contributed by atoms with Gasteiger partial charge < -0.3 is 9.64 Å². The molecule has 1 fully saturated rings. The third-order valence-corrected chi connectivity index (χ3v) is 6.49. The summed E-state index contributed by atoms with van der Waals surface area (Å²) < 4.78 is 18.7. The highest BCUT2D eigenvalue weighted by atomic mass is 19.1. The molecule has 4 rings (SSSR count). The third kappa shape index (κ3) is 5.60. The van der Waals surface area contributed by atoms with Gasteiger partial charge in [-0.15, -0.1) is 0 Å². The summed E-state index contributed by atoms with van der Waals surface area (Å²) in [5.41, 5.74) is 4.43. The van der Waals surface area contributed by atoms with Crippen molar-refractivity contribution in [3.05, 3.63) is 95.3 Å². The maximum Gasteiger partial charge on any atom is 0.224 e. The molecule has 0 spiro atoms. The molecule has 0 radical (unpaired) electrons. The number of methoxy groups -OCH3 is 1. The van der Waals surface area contributed by atoms with E-state index in [1.54, 1.807) is 18.9 Å². The zero-order valence-electron chi connectivity index (χ0n) is 19.3. The second-order valence-electron chi connectivity index (χ2n) is 8.65. The monoisotopic (exact) mass is 446 g/mol. The number of para-hydroxylation sites is 2. The van der Waals surface area contributed by atoms with E-state index >= 15 is 0 Å². The molecule has 33 heavy (non-hydrogen) atoms. The minimum atomic E-state index is -0.193. The molecular weight excluding hydrogens is 415 g/mol. The van der Waals surface area contributed by atoms with Crippen LogP contribution in [0.3, 0.4) is 0 Å². The number of benzene rings is 3. The van der Waals surface area contributed by atoms with Crippen molar-refractivity contribution in [3.63, 3.8) is 0 Å². The summed E-state index contributed by atoms with van der Waals surface area (Å²) in [7, 11) is 1.63. The number of piperidine rings is 1. The average molecular weight is 447 g/mol. The number of nitrogens with zero attached hydrogens (tertiary/aromatic N) is 2. The molecule has 0 saturated carbocycles. The molecule has 1 amide bonds. The summed E-state index contributed by atoms with van der Waals surface area (Å²) in [6.45, 7) is 4.96. The topological polar surface area (TPSA) is 32.8 Å². The fourth-order valence-electron chi connectivity index (χ4n) is 4.72. The van der Waals surface area contributed by atoms with Gasteiger partial charge in [0.15, 0.2) is 0 Å². The van der Waals surface area contributed by atoms with Crippen LogP contribution in [-0.4, -0.2) is 31.0 Å². The Bertz CT molecular complexity index is 1080. The Morgan fingerprint density at radius 2 is 1.67 bits per heavy atom. The first-order chi connectivity index (χ1) is 16.0. The van der Waals surface area contributed by atoms with Gasteiger partial charge in [-0.05, 0) is 72.8 Å². The summed E-state index contributed by atoms with van der Waals surface area (Å²) in [5, 5.41) is 0. The van der Waals surface area contributed by atoms with E-state index in [0.29, 0.717) is 18.2 Å². The van der Waals surface area contributed by atoms with Crippen LogP contribution in [0, 0.1) is 5.82 Å². The Hall–Kier alpha value is -3.18. The minimum Gasteiger partial charge on any atom is -0.495 e. The molecule has 0 aliphatic carbocycles. The first kappa shape index (κ1) is 23.0. The molecule has 0 N–H and O–H groups in total. The highest BCUT2D eigenvalue weighted by Gasteiger charge is 2.24. The van der Waals surface area contributed by atoms with E-state index in [-0.39, 0.29) is 11.7 Å². The van der Waals surface area contributed by atoms with Crippen molar-refractivity contribution in [1.29, 1.82) is 0 Å². The second-order valence-corrected chi connectivity index (χ2v) is 8.65. The van der Waals surface area contributed by atoms with Crippen molar-refractivity contribution < 1.29 is 13.9 Å². The Morgan fingerprint density at radius 3 is 2.36 bits per heavy atom. The van der Waals surface area contributed by atoms with Crippen LogP contribution in [0.1, 0.15) is 42.4 Å². The molecule has 3 aromatic rings. The van der Waals surface area contributed by atoms with Gasteiger partial charge >= 0.3 is 0 Å². The molecule has 1 saturated heterocycles. The molecule has 1 heterocycles. The van der Waals surface area contributed by atoms with Crippen LogP contribution in [-0.2, 0) is 17.9 Å². The first-order valence-corrected chi connectivity index (χ1v) is 11.5. The smallest absolute Gasteiger partial charge is 0.224 e. The minimum absolute atomic E-state index is 0.0107. The van der Waals surface area contributed by atoms with Gasteiger partial charge in [0.05, 0.1) is 19.3 Å². The van der Waals surface area contributed by atoms with Gasteiger partial charge in [0.25, 0.3) is 0 Å². The number of carbonyl (C=O) groups is 1. The lowest BCUT2D eigenvalue weighted by molar-refractivity contribution is -0.116. The molecule has 4 nitrogen and oxygen atoms in total. The van der Waals surface area contributed by atoms with Crippen LogP contribution in [0.2, 0.25) is 0 Å². The van der Waals surface area contributed by atoms with E-state index in [1.807, 2.05) is 42.5 Å². The van der Waals surface area contributed by atoms with Gasteiger partial charge in [-0.2, -0.15) is 0 Å². The van der Waals surface area contributed by atoms with Crippen molar-refractivity contribution in [1.82, 2.24) is 4.90 Å². The van der Waals surface area contributed by atoms with Crippen LogP contribution >= 0.6 is 0 Å². The number of anilines is 1. The van der Waals surface area contributed by atoms with E-state index in [1.165, 1.54) is 23.3 Å². The van der Waals surface area contributed by atoms with Crippen LogP contribution in [0.4, 0.5) is 10.1 Å². The van der Waals surface area contributed by atoms with E-state index in [0.717, 1.165) is 43.7 Å². The van der Waals surface area contributed by atoms with Crippen molar-refractivity contribution in [2.75, 3.05) is 25.1 Å². The van der Waals surface area contributed by atoms with Crippen LogP contribution < -0.4 is 9.64 Å². The predicted molar refractivity (Wildman–Crippen MR) is 130 cm³/mol. The molecule has 0 bridgehead atoms. The van der Waals surface area contributed by atoms with Crippen LogP contribution in [0.15, 0.2) is 72.8 Å². The fourth-order valence-corrected chi connectivity index (χ4v) is 4.72. The van der Waals surface area contributed by atoms with E-state index in [4.69, 9.17) is 4.74 Å². The van der Waals surface area contributed by atoms with Gasteiger partial charge in [-0.1, -0.05) is 48.5 Å². The number of hydrogen-bond acceptors (Lipinski definition) is 3. The molecule has 5 heteroatoms. The molecule has 1 aliphatic rings. The molecular formula is C28H31FN2O2. The van der Waals surface area contributed by atoms with E-state index in [2.05, 4.69) is 23.1 Å². The predicted octanol–water partition coefficient (Wildman–Crippen LogP) is 5.77. The van der Waals surface area contributed by atoms with E-state index < -0.39 is 0 Å². The molecule has 3 aromatic carbocycles. The Morgan fingerprint density at radius 1 is 1.00 bits per heavy atom. The Balaban J connectivity index is 1.47. The number of rotatable bonds is 7. The quantitative estimate of drug-likeness (QED) is 0.462. The SMILES string of the molecule is COc1ccccc1N(Cc1ccccc1C1CCN(Cc2ccc(F)cc2)CC1)C(C)=O. The maximum absolute atomic E-state index is 13.2. The summed E-state index contributed by atoms with van der Waals surface area (Å²) in [5.74, 6) is 0.946. The zero-order chi connectivity index (χ0) is 23.2. The van der Waals surface area contributed by atoms with Crippen molar-refractivity contribution >= 4 is 11.6 Å². The Kier molecular flexibility index (Phi) is 7.40. The number of halogens is 1. The number of likely N-dealkylation sites (tertiary alicyclic amines) is 1. The highest BCUT2D eigenvalue weighted by molar-refractivity contribution is 5.93. The van der Waals surface area contributed by atoms with E-state index in [9.17, 15) is 9.18 Å². The lowest BCUT2D eigenvalue weighted by Crippen LogP contribution is -2.33. The summed E-state index contributed by atoms with van der Waals surface area (Å²) in [6, 6.07) is 22.9. The lowest BCUT2D eigenvalue weighted by Gasteiger charge is -2.33. The summed E-state index contributed by atoms with van der Waals surface area (Å²) >= 11 is 0. The third-order valence-electron chi connectivity index (χ3n) is 6.49. The molecule has 0 atom stereocenters. The standard InChI is InChI=1S/C28H31FN2O2/c1-21(32)31(27-9-5-6-10-28(27)33-2)20-24-7-3-4-8-26(24)23-15-17-30(18-16-23)19-22-11-13-25(29)14-12-22/h3-14,23H,15-20H2,1-2H3. The average Bonchev–Trinajstić information content (AvgIpc) is 2.84. The second kappa shape index (κ2) is 10.6. The maximum atomic E-state index is 13.2. The molecule has 1 aliphatic heterocycles. The zero-order valence-corrected chi connectivity index (χ0v) is 19.3. The highest BCUT2D eigenvalue weighted by Crippen LogP contribution is 2.34. The van der Waals surface area contributed by atoms with Gasteiger partial charge in [-0.25, -0.2) is 4.39 Å². The number of hydrogen-bond donors (Lipinski definition) is 0.